The molecule has 0 aliphatic heterocycles. The van der Waals surface area contributed by atoms with Crippen molar-refractivity contribution < 1.29 is 19.1 Å². The molecule has 0 radical (unpaired) electrons. The van der Waals surface area contributed by atoms with Crippen LogP contribution in [0.4, 0.5) is 10.5 Å². The van der Waals surface area contributed by atoms with Gasteiger partial charge in [-0.2, -0.15) is 0 Å². The van der Waals surface area contributed by atoms with E-state index in [-0.39, 0.29) is 24.3 Å². The molecule has 2 unspecified atom stereocenters. The van der Waals surface area contributed by atoms with E-state index in [9.17, 15) is 14.4 Å². The monoisotopic (exact) mass is 495 g/mol. The van der Waals surface area contributed by atoms with Crippen molar-refractivity contribution in [3.05, 3.63) is 64.7 Å². The number of carbonyl (C=O) groups excluding carboxylic acids is 3. The Morgan fingerprint density at radius 1 is 0.944 bits per heavy atom. The lowest BCUT2D eigenvalue weighted by molar-refractivity contribution is -0.141. The number of amides is 3. The smallest absolute Gasteiger partial charge is 0.408 e. The first-order valence-corrected chi connectivity index (χ1v) is 12.5. The quantitative estimate of drug-likeness (QED) is 0.492. The Kier molecular flexibility index (Phi) is 9.68. The van der Waals surface area contributed by atoms with E-state index in [0.29, 0.717) is 5.56 Å². The molecule has 7 heteroatoms. The van der Waals surface area contributed by atoms with E-state index < -0.39 is 23.8 Å². The molecular weight excluding hydrogens is 454 g/mol. The summed E-state index contributed by atoms with van der Waals surface area (Å²) in [7, 11) is 0. The number of likely N-dealkylation sites (N-methyl/N-ethyl adjacent to an activating group) is 1. The number of para-hydroxylation sites is 1. The van der Waals surface area contributed by atoms with Crippen LogP contribution in [0.1, 0.15) is 69.8 Å². The van der Waals surface area contributed by atoms with E-state index in [4.69, 9.17) is 4.74 Å². The summed E-state index contributed by atoms with van der Waals surface area (Å²) in [5, 5.41) is 5.78. The van der Waals surface area contributed by atoms with Gasteiger partial charge < -0.3 is 20.3 Å². The molecular formula is C29H41N3O4. The first-order chi connectivity index (χ1) is 16.7. The third-order valence-corrected chi connectivity index (χ3v) is 5.91. The lowest BCUT2D eigenvalue weighted by Gasteiger charge is -2.35. The van der Waals surface area contributed by atoms with E-state index in [1.807, 2.05) is 84.0 Å². The molecule has 0 aliphatic rings. The minimum atomic E-state index is -0.885. The lowest BCUT2D eigenvalue weighted by atomic mass is 9.98. The predicted octanol–water partition coefficient (Wildman–Crippen LogP) is 5.69. The highest BCUT2D eigenvalue weighted by molar-refractivity contribution is 6.00. The molecule has 0 aliphatic carbocycles. The zero-order chi connectivity index (χ0) is 27.2. The lowest BCUT2D eigenvalue weighted by Crippen LogP contribution is -2.54. The summed E-state index contributed by atoms with van der Waals surface area (Å²) >= 11 is 0. The Morgan fingerprint density at radius 3 is 1.97 bits per heavy atom. The molecule has 3 amide bonds. The number of nitrogens with one attached hydrogen (secondary N) is 2. The standard InChI is InChI=1S/C29H41N3O4/c1-10-32(27(34)23(18(2)3)31-28(35)36-29(7,8)9)25(22-16-14-19(4)15-17-22)26(33)30-24-20(5)12-11-13-21(24)6/h11-18,23,25H,10H2,1-9H3,(H,30,33)(H,31,35). The molecule has 0 heterocycles. The first-order valence-electron chi connectivity index (χ1n) is 12.5. The van der Waals surface area contributed by atoms with Gasteiger partial charge in [0.05, 0.1) is 0 Å². The molecule has 0 saturated heterocycles. The van der Waals surface area contributed by atoms with Crippen molar-refractivity contribution in [2.24, 2.45) is 5.92 Å². The highest BCUT2D eigenvalue weighted by Crippen LogP contribution is 2.27. The normalized spacial score (nSPS) is 13.1. The maximum absolute atomic E-state index is 13.9. The SMILES string of the molecule is CCN(C(=O)C(NC(=O)OC(C)(C)C)C(C)C)C(C(=O)Nc1c(C)cccc1C)c1ccc(C)cc1. The molecule has 2 rings (SSSR count). The third-order valence-electron chi connectivity index (χ3n) is 5.91. The molecule has 0 aromatic heterocycles. The second-order valence-electron chi connectivity index (χ2n) is 10.6. The fourth-order valence-electron chi connectivity index (χ4n) is 4.02. The Labute approximate surface area is 215 Å². The molecule has 0 fully saturated rings. The predicted molar refractivity (Wildman–Crippen MR) is 144 cm³/mol. The van der Waals surface area contributed by atoms with Crippen molar-refractivity contribution in [1.82, 2.24) is 10.2 Å². The number of aryl methyl sites for hydroxylation is 3. The Hall–Kier alpha value is -3.35. The third kappa shape index (κ3) is 7.57. The average Bonchev–Trinajstić information content (AvgIpc) is 2.77. The van der Waals surface area contributed by atoms with Crippen molar-refractivity contribution in [3.8, 4) is 0 Å². The summed E-state index contributed by atoms with van der Waals surface area (Å²) in [5.74, 6) is -0.883. The maximum atomic E-state index is 13.9. The van der Waals surface area contributed by atoms with Gasteiger partial charge in [0, 0.05) is 12.2 Å². The molecule has 2 N–H and O–H groups in total. The van der Waals surface area contributed by atoms with Gasteiger partial charge in [-0.15, -0.1) is 0 Å². The molecule has 2 aromatic carbocycles. The number of hydrogen-bond acceptors (Lipinski definition) is 4. The van der Waals surface area contributed by atoms with Crippen LogP contribution in [0.25, 0.3) is 0 Å². The number of benzene rings is 2. The number of alkyl carbamates (subject to hydrolysis) is 1. The molecule has 0 spiro atoms. The Balaban J connectivity index is 2.47. The number of anilines is 1. The van der Waals surface area contributed by atoms with Gasteiger partial charge >= 0.3 is 6.09 Å². The van der Waals surface area contributed by atoms with Crippen LogP contribution in [0.5, 0.6) is 0 Å². The molecule has 196 valence electrons. The van der Waals surface area contributed by atoms with Crippen molar-refractivity contribution in [3.63, 3.8) is 0 Å². The van der Waals surface area contributed by atoms with E-state index in [1.54, 1.807) is 20.8 Å². The van der Waals surface area contributed by atoms with Crippen LogP contribution < -0.4 is 10.6 Å². The van der Waals surface area contributed by atoms with E-state index >= 15 is 0 Å². The van der Waals surface area contributed by atoms with Crippen LogP contribution in [-0.4, -0.2) is 41.0 Å². The zero-order valence-corrected chi connectivity index (χ0v) is 23.1. The topological polar surface area (TPSA) is 87.7 Å². The second kappa shape index (κ2) is 12.1. The average molecular weight is 496 g/mol. The summed E-state index contributed by atoms with van der Waals surface area (Å²) < 4.78 is 5.39. The van der Waals surface area contributed by atoms with Gasteiger partial charge in [-0.3, -0.25) is 9.59 Å². The van der Waals surface area contributed by atoms with Crippen LogP contribution in [0.2, 0.25) is 0 Å². The molecule has 0 saturated carbocycles. The number of carbonyl (C=O) groups is 3. The molecule has 2 aromatic rings. The van der Waals surface area contributed by atoms with Gasteiger partial charge in [0.2, 0.25) is 5.91 Å². The fourth-order valence-corrected chi connectivity index (χ4v) is 4.02. The van der Waals surface area contributed by atoms with Crippen LogP contribution >= 0.6 is 0 Å². The summed E-state index contributed by atoms with van der Waals surface area (Å²) in [4.78, 5) is 41.7. The van der Waals surface area contributed by atoms with Gasteiger partial charge in [0.1, 0.15) is 17.7 Å². The van der Waals surface area contributed by atoms with Gasteiger partial charge in [0.25, 0.3) is 5.91 Å². The van der Waals surface area contributed by atoms with Gasteiger partial charge in [-0.1, -0.05) is 61.9 Å². The summed E-state index contributed by atoms with van der Waals surface area (Å²) in [6.07, 6.45) is -0.669. The molecule has 2 atom stereocenters. The second-order valence-corrected chi connectivity index (χ2v) is 10.6. The number of hydrogen-bond donors (Lipinski definition) is 2. The van der Waals surface area contributed by atoms with Crippen molar-refractivity contribution in [2.45, 2.75) is 80.0 Å². The zero-order valence-electron chi connectivity index (χ0n) is 23.1. The van der Waals surface area contributed by atoms with Crippen molar-refractivity contribution in [1.29, 1.82) is 0 Å². The highest BCUT2D eigenvalue weighted by atomic mass is 16.6. The van der Waals surface area contributed by atoms with Gasteiger partial charge in [0.15, 0.2) is 0 Å². The van der Waals surface area contributed by atoms with Crippen molar-refractivity contribution in [2.75, 3.05) is 11.9 Å². The largest absolute Gasteiger partial charge is 0.444 e. The number of rotatable bonds is 8. The van der Waals surface area contributed by atoms with Crippen molar-refractivity contribution >= 4 is 23.6 Å². The molecule has 36 heavy (non-hydrogen) atoms. The molecule has 0 bridgehead atoms. The van der Waals surface area contributed by atoms with Crippen LogP contribution in [0.3, 0.4) is 0 Å². The van der Waals surface area contributed by atoms with E-state index in [2.05, 4.69) is 10.6 Å². The van der Waals surface area contributed by atoms with Crippen LogP contribution in [-0.2, 0) is 14.3 Å². The van der Waals surface area contributed by atoms with Crippen LogP contribution in [0.15, 0.2) is 42.5 Å². The molecule has 7 nitrogen and oxygen atoms in total. The number of nitrogens with zero attached hydrogens (tertiary/aromatic N) is 1. The first kappa shape index (κ1) is 28.9. The maximum Gasteiger partial charge on any atom is 0.408 e. The summed E-state index contributed by atoms with van der Waals surface area (Å²) in [6.45, 7) is 17.0. The minimum Gasteiger partial charge on any atom is -0.444 e. The Morgan fingerprint density at radius 2 is 1.50 bits per heavy atom. The van der Waals surface area contributed by atoms with Gasteiger partial charge in [-0.05, 0) is 71.1 Å². The van der Waals surface area contributed by atoms with E-state index in [0.717, 1.165) is 22.4 Å². The van der Waals surface area contributed by atoms with E-state index in [1.165, 1.54) is 4.90 Å². The highest BCUT2D eigenvalue weighted by Gasteiger charge is 2.37. The number of ether oxygens (including phenoxy) is 1. The van der Waals surface area contributed by atoms with Crippen LogP contribution in [0, 0.1) is 26.7 Å². The van der Waals surface area contributed by atoms with Gasteiger partial charge in [-0.25, -0.2) is 4.79 Å². The Bertz CT molecular complexity index is 1050. The summed E-state index contributed by atoms with van der Waals surface area (Å²) in [6, 6.07) is 11.6. The summed E-state index contributed by atoms with van der Waals surface area (Å²) in [5.41, 5.74) is 3.65. The fraction of sp³-hybridized carbons (Fsp3) is 0.483. The minimum absolute atomic E-state index is 0.223.